The van der Waals surface area contributed by atoms with Crippen LogP contribution in [-0.4, -0.2) is 16.4 Å². The third-order valence-electron chi connectivity index (χ3n) is 5.30. The van der Waals surface area contributed by atoms with Gasteiger partial charge in [0.25, 0.3) is 11.5 Å². The van der Waals surface area contributed by atoms with Crippen LogP contribution in [0, 0.1) is 5.41 Å². The number of carbonyl (C=O) groups excluding carboxylic acids is 2. The topological polar surface area (TPSA) is 80.2 Å². The summed E-state index contributed by atoms with van der Waals surface area (Å²) < 4.78 is 1.67. The average molecular weight is 468 g/mol. The van der Waals surface area contributed by atoms with Gasteiger partial charge in [0.15, 0.2) is 0 Å². The normalized spacial score (nSPS) is 12.0. The number of anilines is 1. The summed E-state index contributed by atoms with van der Waals surface area (Å²) in [6, 6.07) is 12.2. The summed E-state index contributed by atoms with van der Waals surface area (Å²) in [5, 5.41) is 7.32. The van der Waals surface area contributed by atoms with E-state index in [1.165, 1.54) is 0 Å². The van der Waals surface area contributed by atoms with Crippen molar-refractivity contribution < 1.29 is 9.59 Å². The van der Waals surface area contributed by atoms with E-state index < -0.39 is 11.3 Å². The van der Waals surface area contributed by atoms with Crippen molar-refractivity contribution in [2.75, 3.05) is 5.32 Å². The Morgan fingerprint density at radius 2 is 1.67 bits per heavy atom. The lowest BCUT2D eigenvalue weighted by atomic mass is 9.95. The van der Waals surface area contributed by atoms with Crippen molar-refractivity contribution >= 4 is 39.9 Å². The zero-order chi connectivity index (χ0) is 24.6. The molecule has 0 saturated heterocycles. The Labute approximate surface area is 199 Å². The standard InChI is InChI=1S/C26H30ClN3O3/c1-25(2,3)24(33)28-15-16-7-10-21(27)20(13-16)22(31)29-18-9-8-17-11-12-30(26(4,5)6)23(32)19(17)14-18/h7-14H,15H2,1-6H3,(H,28,33)(H,29,31). The fourth-order valence-electron chi connectivity index (χ4n) is 3.35. The highest BCUT2D eigenvalue weighted by atomic mass is 35.5. The van der Waals surface area contributed by atoms with Gasteiger partial charge in [0.1, 0.15) is 0 Å². The lowest BCUT2D eigenvalue weighted by Gasteiger charge is -2.22. The number of carbonyl (C=O) groups is 2. The van der Waals surface area contributed by atoms with Crippen LogP contribution in [0.3, 0.4) is 0 Å². The summed E-state index contributed by atoms with van der Waals surface area (Å²) in [4.78, 5) is 38.1. The summed E-state index contributed by atoms with van der Waals surface area (Å²) in [6.45, 7) is 11.7. The third-order valence-corrected chi connectivity index (χ3v) is 5.63. The minimum absolute atomic E-state index is 0.0828. The zero-order valence-electron chi connectivity index (χ0n) is 19.9. The van der Waals surface area contributed by atoms with E-state index >= 15 is 0 Å². The Kier molecular flexibility index (Phi) is 6.70. The first-order valence-corrected chi connectivity index (χ1v) is 11.2. The molecule has 3 rings (SSSR count). The van der Waals surface area contributed by atoms with Crippen molar-refractivity contribution in [3.63, 3.8) is 0 Å². The molecule has 0 fully saturated rings. The Morgan fingerprint density at radius 1 is 0.970 bits per heavy atom. The van der Waals surface area contributed by atoms with Crippen molar-refractivity contribution in [3.05, 3.63) is 75.2 Å². The molecule has 33 heavy (non-hydrogen) atoms. The van der Waals surface area contributed by atoms with Gasteiger partial charge in [0.2, 0.25) is 5.91 Å². The smallest absolute Gasteiger partial charge is 0.258 e. The van der Waals surface area contributed by atoms with Crippen molar-refractivity contribution in [1.82, 2.24) is 9.88 Å². The van der Waals surface area contributed by atoms with Gasteiger partial charge in [-0.2, -0.15) is 0 Å². The molecule has 2 aromatic carbocycles. The SMILES string of the molecule is CC(C)(C)C(=O)NCc1ccc(Cl)c(C(=O)Nc2ccc3ccn(C(C)(C)C)c(=O)c3c2)c1. The second kappa shape index (κ2) is 9.02. The Morgan fingerprint density at radius 3 is 2.30 bits per heavy atom. The minimum atomic E-state index is -0.506. The van der Waals surface area contributed by atoms with Crippen LogP contribution in [0.25, 0.3) is 10.8 Å². The van der Waals surface area contributed by atoms with Crippen LogP contribution >= 0.6 is 11.6 Å². The fraction of sp³-hybridized carbons (Fsp3) is 0.346. The molecule has 6 nitrogen and oxygen atoms in total. The molecule has 0 aliphatic rings. The number of halogens is 1. The van der Waals surface area contributed by atoms with E-state index in [0.29, 0.717) is 21.7 Å². The molecule has 0 radical (unpaired) electrons. The van der Waals surface area contributed by atoms with Crippen LogP contribution in [0.1, 0.15) is 57.5 Å². The van der Waals surface area contributed by atoms with Gasteiger partial charge in [-0.3, -0.25) is 14.4 Å². The van der Waals surface area contributed by atoms with Gasteiger partial charge in [0, 0.05) is 34.8 Å². The molecular formula is C26H30ClN3O3. The molecule has 3 aromatic rings. The molecule has 7 heteroatoms. The van der Waals surface area contributed by atoms with E-state index in [1.807, 2.05) is 47.6 Å². The number of hydrogen-bond donors (Lipinski definition) is 2. The van der Waals surface area contributed by atoms with Crippen LogP contribution in [0.4, 0.5) is 5.69 Å². The molecule has 0 spiro atoms. The summed E-state index contributed by atoms with van der Waals surface area (Å²) in [7, 11) is 0. The molecule has 0 aliphatic carbocycles. The predicted octanol–water partition coefficient (Wildman–Crippen LogP) is 5.32. The van der Waals surface area contributed by atoms with E-state index in [1.54, 1.807) is 47.2 Å². The monoisotopic (exact) mass is 467 g/mol. The highest BCUT2D eigenvalue weighted by molar-refractivity contribution is 6.34. The molecule has 0 unspecified atom stereocenters. The van der Waals surface area contributed by atoms with Crippen LogP contribution in [0.15, 0.2) is 53.5 Å². The number of hydrogen-bond acceptors (Lipinski definition) is 3. The first kappa shape index (κ1) is 24.5. The first-order valence-electron chi connectivity index (χ1n) is 10.8. The maximum Gasteiger partial charge on any atom is 0.258 e. The Bertz CT molecular complexity index is 1280. The van der Waals surface area contributed by atoms with Crippen molar-refractivity contribution in [3.8, 4) is 0 Å². The van der Waals surface area contributed by atoms with E-state index in [9.17, 15) is 14.4 Å². The Balaban J connectivity index is 1.85. The van der Waals surface area contributed by atoms with Gasteiger partial charge in [-0.15, -0.1) is 0 Å². The van der Waals surface area contributed by atoms with E-state index in [2.05, 4.69) is 10.6 Å². The van der Waals surface area contributed by atoms with Crippen LogP contribution in [-0.2, 0) is 16.9 Å². The zero-order valence-corrected chi connectivity index (χ0v) is 20.6. The van der Waals surface area contributed by atoms with E-state index in [-0.39, 0.29) is 23.6 Å². The van der Waals surface area contributed by atoms with Gasteiger partial charge < -0.3 is 15.2 Å². The van der Waals surface area contributed by atoms with Gasteiger partial charge in [0.05, 0.1) is 10.6 Å². The first-order chi connectivity index (χ1) is 15.3. The largest absolute Gasteiger partial charge is 0.352 e. The number of nitrogens with one attached hydrogen (secondary N) is 2. The highest BCUT2D eigenvalue weighted by Crippen LogP contribution is 2.23. The molecule has 0 bridgehead atoms. The quantitative estimate of drug-likeness (QED) is 0.544. The average Bonchev–Trinajstić information content (AvgIpc) is 2.71. The molecular weight excluding hydrogens is 438 g/mol. The van der Waals surface area contributed by atoms with E-state index in [4.69, 9.17) is 11.6 Å². The van der Waals surface area contributed by atoms with Crippen LogP contribution < -0.4 is 16.2 Å². The Hall–Kier alpha value is -3.12. The molecule has 0 saturated carbocycles. The van der Waals surface area contributed by atoms with E-state index in [0.717, 1.165) is 10.9 Å². The molecule has 0 atom stereocenters. The van der Waals surface area contributed by atoms with Gasteiger partial charge >= 0.3 is 0 Å². The number of aromatic nitrogens is 1. The van der Waals surface area contributed by atoms with Gasteiger partial charge in [-0.25, -0.2) is 0 Å². The summed E-state index contributed by atoms with van der Waals surface area (Å²) in [5.41, 5.74) is 0.562. The fourth-order valence-corrected chi connectivity index (χ4v) is 3.55. The molecule has 0 aliphatic heterocycles. The van der Waals surface area contributed by atoms with Crippen molar-refractivity contribution in [2.45, 2.75) is 53.6 Å². The second-order valence-electron chi connectivity index (χ2n) is 10.2. The number of amides is 2. The number of nitrogens with zero attached hydrogens (tertiary/aromatic N) is 1. The molecule has 1 aromatic heterocycles. The van der Waals surface area contributed by atoms with Crippen molar-refractivity contribution in [2.24, 2.45) is 5.41 Å². The van der Waals surface area contributed by atoms with Crippen LogP contribution in [0.5, 0.6) is 0 Å². The maximum atomic E-state index is 13.0. The molecule has 1 heterocycles. The maximum absolute atomic E-state index is 13.0. The predicted molar refractivity (Wildman–Crippen MR) is 134 cm³/mol. The number of benzene rings is 2. The summed E-state index contributed by atoms with van der Waals surface area (Å²) in [6.07, 6.45) is 1.78. The molecule has 174 valence electrons. The highest BCUT2D eigenvalue weighted by Gasteiger charge is 2.21. The number of fused-ring (bicyclic) bond motifs is 1. The minimum Gasteiger partial charge on any atom is -0.352 e. The summed E-state index contributed by atoms with van der Waals surface area (Å²) >= 11 is 6.28. The third kappa shape index (κ3) is 5.63. The van der Waals surface area contributed by atoms with Gasteiger partial charge in [-0.1, -0.05) is 44.5 Å². The van der Waals surface area contributed by atoms with Crippen molar-refractivity contribution in [1.29, 1.82) is 0 Å². The molecule has 2 N–H and O–H groups in total. The van der Waals surface area contributed by atoms with Gasteiger partial charge in [-0.05, 0) is 62.1 Å². The lowest BCUT2D eigenvalue weighted by Crippen LogP contribution is -2.34. The van der Waals surface area contributed by atoms with Crippen LogP contribution in [0.2, 0.25) is 5.02 Å². The number of rotatable bonds is 4. The molecule has 2 amide bonds. The lowest BCUT2D eigenvalue weighted by molar-refractivity contribution is -0.128. The number of pyridine rings is 1. The summed E-state index contributed by atoms with van der Waals surface area (Å²) in [5.74, 6) is -0.476. The second-order valence-corrected chi connectivity index (χ2v) is 10.6.